The van der Waals surface area contributed by atoms with Crippen LogP contribution in [0.3, 0.4) is 0 Å². The third-order valence-electron chi connectivity index (χ3n) is 2.16. The molecule has 9 heteroatoms. The van der Waals surface area contributed by atoms with Gasteiger partial charge >= 0.3 is 5.97 Å². The molecule has 20 heavy (non-hydrogen) atoms. The van der Waals surface area contributed by atoms with Crippen LogP contribution in [-0.4, -0.2) is 29.1 Å². The Bertz CT molecular complexity index is 595. The zero-order valence-electron chi connectivity index (χ0n) is 9.71. The lowest BCUT2D eigenvalue weighted by molar-refractivity contribution is -0.146. The number of halogens is 4. The Kier molecular flexibility index (Phi) is 4.33. The molecule has 1 rings (SSSR count). The lowest BCUT2D eigenvalue weighted by Crippen LogP contribution is -2.11. The number of hydrogen-bond acceptors (Lipinski definition) is 4. The van der Waals surface area contributed by atoms with E-state index >= 15 is 0 Å². The van der Waals surface area contributed by atoms with Crippen LogP contribution in [0.4, 0.5) is 17.6 Å². The summed E-state index contributed by atoms with van der Waals surface area (Å²) in [6.07, 6.45) is -0.0881. The SMILES string of the molecule is COc1c(F)c(F)c(C(O)=CC(=O)C(=O)O)c(F)c1F. The van der Waals surface area contributed by atoms with Crippen molar-refractivity contribution >= 4 is 17.5 Å². The van der Waals surface area contributed by atoms with Gasteiger partial charge in [0, 0.05) is 6.08 Å². The molecule has 0 aliphatic rings. The molecule has 0 fully saturated rings. The van der Waals surface area contributed by atoms with Gasteiger partial charge in [-0.2, -0.15) is 8.78 Å². The molecular weight excluding hydrogens is 288 g/mol. The number of carboxylic acids is 1. The van der Waals surface area contributed by atoms with Gasteiger partial charge in [-0.3, -0.25) is 4.79 Å². The summed E-state index contributed by atoms with van der Waals surface area (Å²) < 4.78 is 57.7. The fourth-order valence-corrected chi connectivity index (χ4v) is 1.27. The minimum absolute atomic E-state index is 0.0881. The Morgan fingerprint density at radius 1 is 1.00 bits per heavy atom. The first-order valence-corrected chi connectivity index (χ1v) is 4.80. The first-order valence-electron chi connectivity index (χ1n) is 4.80. The van der Waals surface area contributed by atoms with E-state index in [2.05, 4.69) is 4.74 Å². The predicted molar refractivity (Wildman–Crippen MR) is 56.1 cm³/mol. The van der Waals surface area contributed by atoms with Crippen molar-refractivity contribution in [2.75, 3.05) is 7.11 Å². The average Bonchev–Trinajstić information content (AvgIpc) is 2.37. The standard InChI is InChI=1S/C11H6F4O5/c1-20-10-8(14)6(12)5(7(13)9(10)15)3(16)2-4(17)11(18)19/h2,16H,1H3,(H,18,19). The second-order valence-electron chi connectivity index (χ2n) is 3.36. The number of aliphatic hydroxyl groups is 1. The molecule has 0 aromatic heterocycles. The molecule has 0 amide bonds. The van der Waals surface area contributed by atoms with E-state index < -0.39 is 52.1 Å². The molecule has 0 saturated heterocycles. The van der Waals surface area contributed by atoms with Crippen LogP contribution in [0, 0.1) is 23.3 Å². The van der Waals surface area contributed by atoms with Gasteiger partial charge < -0.3 is 14.9 Å². The maximum Gasteiger partial charge on any atom is 0.376 e. The van der Waals surface area contributed by atoms with Crippen molar-refractivity contribution in [1.82, 2.24) is 0 Å². The van der Waals surface area contributed by atoms with Crippen LogP contribution in [0.2, 0.25) is 0 Å². The summed E-state index contributed by atoms with van der Waals surface area (Å²) in [6, 6.07) is 0. The zero-order valence-corrected chi connectivity index (χ0v) is 9.71. The van der Waals surface area contributed by atoms with E-state index in [0.717, 1.165) is 7.11 Å². The summed E-state index contributed by atoms with van der Waals surface area (Å²) in [4.78, 5) is 21.0. The quantitative estimate of drug-likeness (QED) is 0.291. The summed E-state index contributed by atoms with van der Waals surface area (Å²) in [5, 5.41) is 17.5. The number of carboxylic acid groups (broad SMARTS) is 1. The maximum absolute atomic E-state index is 13.5. The molecule has 0 saturated carbocycles. The fourth-order valence-electron chi connectivity index (χ4n) is 1.27. The topological polar surface area (TPSA) is 83.8 Å². The van der Waals surface area contributed by atoms with Crippen LogP contribution in [0.25, 0.3) is 5.76 Å². The minimum Gasteiger partial charge on any atom is -0.507 e. The Morgan fingerprint density at radius 3 is 1.80 bits per heavy atom. The maximum atomic E-state index is 13.5. The summed E-state index contributed by atoms with van der Waals surface area (Å²) in [5.74, 6) is -14.7. The van der Waals surface area contributed by atoms with Crippen LogP contribution < -0.4 is 4.74 Å². The highest BCUT2D eigenvalue weighted by molar-refractivity contribution is 6.38. The van der Waals surface area contributed by atoms with Gasteiger partial charge in [0.15, 0.2) is 17.4 Å². The number of aliphatic hydroxyl groups excluding tert-OH is 1. The van der Waals surface area contributed by atoms with Crippen LogP contribution >= 0.6 is 0 Å². The van der Waals surface area contributed by atoms with Crippen molar-refractivity contribution in [3.05, 3.63) is 34.9 Å². The highest BCUT2D eigenvalue weighted by Gasteiger charge is 2.28. The van der Waals surface area contributed by atoms with Crippen LogP contribution in [0.15, 0.2) is 6.08 Å². The molecular formula is C11H6F4O5. The third kappa shape index (κ3) is 2.56. The number of carbonyl (C=O) groups excluding carboxylic acids is 1. The third-order valence-corrected chi connectivity index (χ3v) is 2.16. The number of ether oxygens (including phenoxy) is 1. The van der Waals surface area contributed by atoms with E-state index in [1.54, 1.807) is 0 Å². The molecule has 0 spiro atoms. The highest BCUT2D eigenvalue weighted by atomic mass is 19.2. The summed E-state index contributed by atoms with van der Waals surface area (Å²) in [6.45, 7) is 0. The largest absolute Gasteiger partial charge is 0.507 e. The number of methoxy groups -OCH3 is 1. The Morgan fingerprint density at radius 2 is 1.45 bits per heavy atom. The minimum atomic E-state index is -2.04. The predicted octanol–water partition coefficient (Wildman–Crippen LogP) is 1.80. The first-order chi connectivity index (χ1) is 9.22. The first kappa shape index (κ1) is 15.5. The second kappa shape index (κ2) is 5.59. The van der Waals surface area contributed by atoms with Crippen molar-refractivity contribution in [1.29, 1.82) is 0 Å². The highest BCUT2D eigenvalue weighted by Crippen LogP contribution is 2.32. The normalized spacial score (nSPS) is 11.3. The molecule has 0 radical (unpaired) electrons. The number of carbonyl (C=O) groups is 2. The van der Waals surface area contributed by atoms with Crippen molar-refractivity contribution in [2.45, 2.75) is 0 Å². The Labute approximate surface area is 108 Å². The molecule has 2 N–H and O–H groups in total. The molecule has 0 atom stereocenters. The van der Waals surface area contributed by atoms with E-state index in [1.807, 2.05) is 0 Å². The van der Waals surface area contributed by atoms with Gasteiger partial charge in [0.2, 0.25) is 11.6 Å². The molecule has 0 aliphatic carbocycles. The smallest absolute Gasteiger partial charge is 0.376 e. The molecule has 0 bridgehead atoms. The summed E-state index contributed by atoms with van der Waals surface area (Å²) >= 11 is 0. The van der Waals surface area contributed by atoms with E-state index in [-0.39, 0.29) is 6.08 Å². The van der Waals surface area contributed by atoms with Gasteiger partial charge in [0.1, 0.15) is 5.76 Å². The van der Waals surface area contributed by atoms with E-state index in [0.29, 0.717) is 0 Å². The van der Waals surface area contributed by atoms with E-state index in [9.17, 15) is 32.3 Å². The van der Waals surface area contributed by atoms with Crippen molar-refractivity contribution in [3.8, 4) is 5.75 Å². The second-order valence-corrected chi connectivity index (χ2v) is 3.36. The number of hydrogen-bond donors (Lipinski definition) is 2. The van der Waals surface area contributed by atoms with Gasteiger partial charge in [0.05, 0.1) is 12.7 Å². The van der Waals surface area contributed by atoms with Gasteiger partial charge in [0.25, 0.3) is 5.78 Å². The van der Waals surface area contributed by atoms with Gasteiger partial charge in [-0.1, -0.05) is 0 Å². The average molecular weight is 294 g/mol. The number of ketones is 1. The molecule has 0 aliphatic heterocycles. The summed E-state index contributed by atoms with van der Waals surface area (Å²) in [7, 11) is 0.754. The number of rotatable bonds is 4. The zero-order chi connectivity index (χ0) is 15.6. The van der Waals surface area contributed by atoms with Gasteiger partial charge in [-0.15, -0.1) is 0 Å². The lowest BCUT2D eigenvalue weighted by atomic mass is 10.1. The van der Waals surface area contributed by atoms with Crippen molar-refractivity contribution in [3.63, 3.8) is 0 Å². The molecule has 1 aromatic carbocycles. The van der Waals surface area contributed by atoms with E-state index in [4.69, 9.17) is 5.11 Å². The van der Waals surface area contributed by atoms with Crippen LogP contribution in [0.1, 0.15) is 5.56 Å². The molecule has 1 aromatic rings. The van der Waals surface area contributed by atoms with Crippen LogP contribution in [0.5, 0.6) is 5.75 Å². The molecule has 108 valence electrons. The Hall–Kier alpha value is -2.58. The van der Waals surface area contributed by atoms with Gasteiger partial charge in [-0.25, -0.2) is 13.6 Å². The molecule has 5 nitrogen and oxygen atoms in total. The lowest BCUT2D eigenvalue weighted by Gasteiger charge is -2.10. The molecule has 0 heterocycles. The fraction of sp³-hybridized carbons (Fsp3) is 0.0909. The number of aliphatic carboxylic acids is 1. The van der Waals surface area contributed by atoms with Crippen LogP contribution in [-0.2, 0) is 9.59 Å². The van der Waals surface area contributed by atoms with E-state index in [1.165, 1.54) is 0 Å². The Balaban J connectivity index is 3.55. The molecule has 0 unspecified atom stereocenters. The van der Waals surface area contributed by atoms with Crippen molar-refractivity contribution in [2.24, 2.45) is 0 Å². The van der Waals surface area contributed by atoms with Crippen molar-refractivity contribution < 1.29 is 42.1 Å². The number of benzene rings is 1. The monoisotopic (exact) mass is 294 g/mol. The van der Waals surface area contributed by atoms with Gasteiger partial charge in [-0.05, 0) is 0 Å². The summed E-state index contributed by atoms with van der Waals surface area (Å²) in [5.41, 5.74) is -1.62.